The van der Waals surface area contributed by atoms with Gasteiger partial charge in [-0.15, -0.1) is 5.10 Å². The van der Waals surface area contributed by atoms with Crippen LogP contribution < -0.4 is 5.32 Å². The molecule has 2 N–H and O–H groups in total. The van der Waals surface area contributed by atoms with Gasteiger partial charge >= 0.3 is 0 Å². The highest BCUT2D eigenvalue weighted by Crippen LogP contribution is 2.18. The quantitative estimate of drug-likeness (QED) is 0.761. The fourth-order valence-corrected chi connectivity index (χ4v) is 1.83. The molecule has 0 aliphatic carbocycles. The number of rotatable bonds is 4. The molecule has 0 saturated carbocycles. The van der Waals surface area contributed by atoms with Gasteiger partial charge in [-0.2, -0.15) is 0 Å². The fraction of sp³-hybridized carbons (Fsp3) is 0.154. The van der Waals surface area contributed by atoms with E-state index in [1.165, 1.54) is 12.1 Å². The van der Waals surface area contributed by atoms with Crippen LogP contribution in [0.4, 0.5) is 10.3 Å². The van der Waals surface area contributed by atoms with Crippen LogP contribution in [0.25, 0.3) is 11.4 Å². The van der Waals surface area contributed by atoms with E-state index in [2.05, 4.69) is 35.9 Å². The maximum atomic E-state index is 12.9. The van der Waals surface area contributed by atoms with Crippen LogP contribution in [0.5, 0.6) is 0 Å². The molecule has 0 aliphatic rings. The number of anilines is 1. The molecule has 1 unspecified atom stereocenters. The standard InChI is InChI=1S/C13H12FN7/c1-8(9-2-4-11(14)5-3-9)17-13-15-6-10(7-16-13)12-18-20-21-19-12/h2-8H,1H3,(H,15,16,17)(H,18,19,20,21). The second-order valence-electron chi connectivity index (χ2n) is 4.46. The van der Waals surface area contributed by atoms with Crippen LogP contribution in [0.15, 0.2) is 36.7 Å². The summed E-state index contributed by atoms with van der Waals surface area (Å²) in [5.74, 6) is 0.725. The summed E-state index contributed by atoms with van der Waals surface area (Å²) in [5.41, 5.74) is 1.64. The summed E-state index contributed by atoms with van der Waals surface area (Å²) < 4.78 is 12.9. The van der Waals surface area contributed by atoms with Gasteiger partial charge in [-0.1, -0.05) is 12.1 Å². The van der Waals surface area contributed by atoms with Crippen molar-refractivity contribution in [3.8, 4) is 11.4 Å². The lowest BCUT2D eigenvalue weighted by Crippen LogP contribution is -2.09. The van der Waals surface area contributed by atoms with Crippen LogP contribution >= 0.6 is 0 Å². The van der Waals surface area contributed by atoms with Crippen molar-refractivity contribution in [1.82, 2.24) is 30.6 Å². The molecule has 1 atom stereocenters. The largest absolute Gasteiger partial charge is 0.348 e. The Kier molecular flexibility index (Phi) is 3.50. The van der Waals surface area contributed by atoms with Crippen LogP contribution in [0.2, 0.25) is 0 Å². The Morgan fingerprint density at radius 2 is 1.86 bits per heavy atom. The second-order valence-corrected chi connectivity index (χ2v) is 4.46. The predicted octanol–water partition coefficient (Wildman–Crippen LogP) is 1.97. The summed E-state index contributed by atoms with van der Waals surface area (Å²) in [5, 5.41) is 16.5. The third kappa shape index (κ3) is 2.99. The summed E-state index contributed by atoms with van der Waals surface area (Å²) in [4.78, 5) is 8.41. The summed E-state index contributed by atoms with van der Waals surface area (Å²) in [7, 11) is 0. The monoisotopic (exact) mass is 285 g/mol. The van der Waals surface area contributed by atoms with Gasteiger partial charge in [-0.25, -0.2) is 19.5 Å². The zero-order valence-electron chi connectivity index (χ0n) is 11.2. The molecule has 3 rings (SSSR count). The summed E-state index contributed by atoms with van der Waals surface area (Å²) >= 11 is 0. The lowest BCUT2D eigenvalue weighted by molar-refractivity contribution is 0.626. The van der Waals surface area contributed by atoms with Gasteiger partial charge in [0.25, 0.3) is 0 Å². The summed E-state index contributed by atoms with van der Waals surface area (Å²) in [6.07, 6.45) is 3.24. The average molecular weight is 285 g/mol. The molecule has 0 spiro atoms. The number of hydrogen-bond acceptors (Lipinski definition) is 6. The zero-order chi connectivity index (χ0) is 14.7. The van der Waals surface area contributed by atoms with E-state index >= 15 is 0 Å². The van der Waals surface area contributed by atoms with Gasteiger partial charge < -0.3 is 5.32 Å². The highest BCUT2D eigenvalue weighted by molar-refractivity contribution is 5.51. The van der Waals surface area contributed by atoms with Crippen molar-refractivity contribution in [1.29, 1.82) is 0 Å². The zero-order valence-corrected chi connectivity index (χ0v) is 11.2. The molecule has 21 heavy (non-hydrogen) atoms. The number of halogens is 1. The molecule has 2 heterocycles. The van der Waals surface area contributed by atoms with Crippen molar-refractivity contribution in [2.45, 2.75) is 13.0 Å². The van der Waals surface area contributed by atoms with Crippen LogP contribution in [0, 0.1) is 5.82 Å². The molecule has 0 radical (unpaired) electrons. The van der Waals surface area contributed by atoms with Crippen molar-refractivity contribution in [3.05, 3.63) is 48.0 Å². The van der Waals surface area contributed by atoms with E-state index in [4.69, 9.17) is 0 Å². The van der Waals surface area contributed by atoms with Crippen LogP contribution in [-0.2, 0) is 0 Å². The Hall–Kier alpha value is -2.90. The molecular weight excluding hydrogens is 273 g/mol. The minimum atomic E-state index is -0.257. The molecule has 1 aromatic carbocycles. The van der Waals surface area contributed by atoms with E-state index in [-0.39, 0.29) is 11.9 Å². The Morgan fingerprint density at radius 1 is 1.14 bits per heavy atom. The lowest BCUT2D eigenvalue weighted by atomic mass is 10.1. The van der Waals surface area contributed by atoms with E-state index in [9.17, 15) is 4.39 Å². The first-order chi connectivity index (χ1) is 10.2. The lowest BCUT2D eigenvalue weighted by Gasteiger charge is -2.14. The van der Waals surface area contributed by atoms with E-state index < -0.39 is 0 Å². The Bertz CT molecular complexity index is 694. The number of H-pyrrole nitrogens is 1. The maximum absolute atomic E-state index is 12.9. The third-order valence-corrected chi connectivity index (χ3v) is 2.99. The molecule has 0 amide bonds. The fourth-order valence-electron chi connectivity index (χ4n) is 1.83. The molecule has 0 fully saturated rings. The third-order valence-electron chi connectivity index (χ3n) is 2.99. The number of tetrazole rings is 1. The Morgan fingerprint density at radius 3 is 2.48 bits per heavy atom. The second kappa shape index (κ2) is 5.61. The molecule has 0 saturated heterocycles. The molecule has 3 aromatic rings. The van der Waals surface area contributed by atoms with E-state index in [1.807, 2.05) is 6.92 Å². The van der Waals surface area contributed by atoms with Gasteiger partial charge in [0.2, 0.25) is 5.95 Å². The maximum Gasteiger partial charge on any atom is 0.223 e. The number of benzene rings is 1. The molecular formula is C13H12FN7. The number of hydrogen-bond donors (Lipinski definition) is 2. The Labute approximate surface area is 119 Å². The molecule has 2 aromatic heterocycles. The number of aromatic amines is 1. The topological polar surface area (TPSA) is 92.3 Å². The van der Waals surface area contributed by atoms with Gasteiger partial charge in [-0.3, -0.25) is 0 Å². The van der Waals surface area contributed by atoms with Crippen molar-refractivity contribution in [3.63, 3.8) is 0 Å². The van der Waals surface area contributed by atoms with Crippen molar-refractivity contribution in [2.75, 3.05) is 5.32 Å². The molecule has 7 nitrogen and oxygen atoms in total. The van der Waals surface area contributed by atoms with Gasteiger partial charge in [-0.05, 0) is 35.0 Å². The SMILES string of the molecule is CC(Nc1ncc(-c2nnn[nH]2)cn1)c1ccc(F)cc1. The summed E-state index contributed by atoms with van der Waals surface area (Å²) in [6, 6.07) is 6.26. The Balaban J connectivity index is 1.71. The highest BCUT2D eigenvalue weighted by Gasteiger charge is 2.08. The summed E-state index contributed by atoms with van der Waals surface area (Å²) in [6.45, 7) is 1.95. The minimum absolute atomic E-state index is 0.0385. The smallest absolute Gasteiger partial charge is 0.223 e. The van der Waals surface area contributed by atoms with Crippen molar-refractivity contribution < 1.29 is 4.39 Å². The number of nitrogens with zero attached hydrogens (tertiary/aromatic N) is 5. The molecule has 0 bridgehead atoms. The van der Waals surface area contributed by atoms with E-state index in [0.717, 1.165) is 5.56 Å². The number of nitrogens with one attached hydrogen (secondary N) is 2. The van der Waals surface area contributed by atoms with Gasteiger partial charge in [0.15, 0.2) is 5.82 Å². The first-order valence-electron chi connectivity index (χ1n) is 6.30. The van der Waals surface area contributed by atoms with Crippen LogP contribution in [0.3, 0.4) is 0 Å². The van der Waals surface area contributed by atoms with E-state index in [1.54, 1.807) is 24.5 Å². The van der Waals surface area contributed by atoms with Gasteiger partial charge in [0, 0.05) is 12.4 Å². The first-order valence-corrected chi connectivity index (χ1v) is 6.30. The normalized spacial score (nSPS) is 12.1. The molecule has 106 valence electrons. The van der Waals surface area contributed by atoms with Crippen LogP contribution in [-0.4, -0.2) is 30.6 Å². The van der Waals surface area contributed by atoms with Gasteiger partial charge in [0.1, 0.15) is 5.82 Å². The van der Waals surface area contributed by atoms with Gasteiger partial charge in [0.05, 0.1) is 11.6 Å². The van der Waals surface area contributed by atoms with Crippen LogP contribution in [0.1, 0.15) is 18.5 Å². The van der Waals surface area contributed by atoms with Crippen molar-refractivity contribution >= 4 is 5.95 Å². The van der Waals surface area contributed by atoms with Crippen molar-refractivity contribution in [2.24, 2.45) is 0 Å². The highest BCUT2D eigenvalue weighted by atomic mass is 19.1. The molecule has 8 heteroatoms. The predicted molar refractivity (Wildman–Crippen MR) is 73.6 cm³/mol. The van der Waals surface area contributed by atoms with E-state index in [0.29, 0.717) is 17.3 Å². The number of aromatic nitrogens is 6. The average Bonchev–Trinajstić information content (AvgIpc) is 3.03. The molecule has 0 aliphatic heterocycles. The minimum Gasteiger partial charge on any atom is -0.348 e. The first kappa shape index (κ1) is 13.1.